The van der Waals surface area contributed by atoms with Crippen LogP contribution in [-0.2, 0) is 7.05 Å². The number of hydrogen-bond acceptors (Lipinski definition) is 6. The van der Waals surface area contributed by atoms with E-state index in [1.54, 1.807) is 10.9 Å². The molecule has 0 radical (unpaired) electrons. The van der Waals surface area contributed by atoms with E-state index in [2.05, 4.69) is 25.6 Å². The zero-order valence-corrected chi connectivity index (χ0v) is 17.3. The van der Waals surface area contributed by atoms with Gasteiger partial charge in [-0.3, -0.25) is 14.8 Å². The van der Waals surface area contributed by atoms with Crippen molar-refractivity contribution in [3.05, 3.63) is 66.4 Å². The molecule has 0 saturated heterocycles. The number of H-pyrrole nitrogens is 1. The Kier molecular flexibility index (Phi) is 4.87. The van der Waals surface area contributed by atoms with E-state index in [4.69, 9.17) is 9.47 Å². The second-order valence-electron chi connectivity index (χ2n) is 7.27. The van der Waals surface area contributed by atoms with Gasteiger partial charge in [-0.1, -0.05) is 17.7 Å². The first-order chi connectivity index (χ1) is 15.2. The van der Waals surface area contributed by atoms with Crippen molar-refractivity contribution < 1.29 is 9.47 Å². The Hall–Kier alpha value is -4.07. The first kappa shape index (κ1) is 18.9. The van der Waals surface area contributed by atoms with Gasteiger partial charge < -0.3 is 14.8 Å². The maximum atomic E-state index is 5.88. The fraction of sp³-hybridized carbons (Fsp3) is 0.174. The minimum atomic E-state index is 0.408. The molecule has 0 unspecified atom stereocenters. The van der Waals surface area contributed by atoms with E-state index in [0.717, 1.165) is 33.4 Å². The highest BCUT2D eigenvalue weighted by Gasteiger charge is 2.12. The minimum Gasteiger partial charge on any atom is -0.490 e. The van der Waals surface area contributed by atoms with Crippen LogP contribution in [-0.4, -0.2) is 38.2 Å². The largest absolute Gasteiger partial charge is 0.490 e. The fourth-order valence-electron chi connectivity index (χ4n) is 3.42. The molecule has 2 N–H and O–H groups in total. The molecular formula is C23H22N6O2. The number of ether oxygens (including phenoxy) is 2. The average Bonchev–Trinajstić information content (AvgIpc) is 3.33. The van der Waals surface area contributed by atoms with Crippen LogP contribution in [0.2, 0.25) is 0 Å². The first-order valence-electron chi connectivity index (χ1n) is 10.0. The van der Waals surface area contributed by atoms with Crippen molar-refractivity contribution in [3.8, 4) is 11.6 Å². The second-order valence-corrected chi connectivity index (χ2v) is 7.27. The lowest BCUT2D eigenvalue weighted by atomic mass is 10.2. The maximum Gasteiger partial charge on any atom is 0.240 e. The predicted molar refractivity (Wildman–Crippen MR) is 120 cm³/mol. The molecule has 0 aliphatic heterocycles. The first-order valence-corrected chi connectivity index (χ1v) is 10.0. The van der Waals surface area contributed by atoms with Gasteiger partial charge in [-0.25, -0.2) is 0 Å². The Morgan fingerprint density at radius 1 is 1.03 bits per heavy atom. The number of anilines is 2. The standard InChI is InChI=1S/C23H22N6O2/c1-15-5-8-17(9-6-15)30-12-13-31-23-18-10-7-16(14-20(18)29(2)28-23)25-22-21-19(26-27-22)4-3-11-24-21/h3-11,14H,12-13H2,1-2H3,(H2,25,26,27). The predicted octanol–water partition coefficient (Wildman–Crippen LogP) is 4.35. The molecule has 8 nitrogen and oxygen atoms in total. The molecule has 0 bridgehead atoms. The van der Waals surface area contributed by atoms with Crippen molar-refractivity contribution in [1.82, 2.24) is 25.0 Å². The molecule has 0 spiro atoms. The van der Waals surface area contributed by atoms with Gasteiger partial charge in [0.2, 0.25) is 5.88 Å². The van der Waals surface area contributed by atoms with Crippen molar-refractivity contribution >= 4 is 33.4 Å². The van der Waals surface area contributed by atoms with E-state index in [1.807, 2.05) is 68.6 Å². The molecule has 0 aliphatic rings. The molecule has 0 fully saturated rings. The topological polar surface area (TPSA) is 89.9 Å². The lowest BCUT2D eigenvalue weighted by Crippen LogP contribution is -2.09. The monoisotopic (exact) mass is 414 g/mol. The van der Waals surface area contributed by atoms with Crippen LogP contribution in [0.4, 0.5) is 11.5 Å². The summed E-state index contributed by atoms with van der Waals surface area (Å²) in [5.74, 6) is 2.10. The van der Waals surface area contributed by atoms with Crippen LogP contribution in [0.5, 0.6) is 11.6 Å². The molecule has 3 heterocycles. The Morgan fingerprint density at radius 2 is 1.87 bits per heavy atom. The summed E-state index contributed by atoms with van der Waals surface area (Å²) < 4.78 is 13.4. The van der Waals surface area contributed by atoms with Crippen LogP contribution in [0.25, 0.3) is 21.9 Å². The smallest absolute Gasteiger partial charge is 0.240 e. The quantitative estimate of drug-likeness (QED) is 0.385. The Labute approximate surface area is 178 Å². The number of aromatic nitrogens is 5. The van der Waals surface area contributed by atoms with Gasteiger partial charge in [0.1, 0.15) is 24.5 Å². The third-order valence-electron chi connectivity index (χ3n) is 5.01. The van der Waals surface area contributed by atoms with Gasteiger partial charge in [0.25, 0.3) is 0 Å². The minimum absolute atomic E-state index is 0.408. The number of nitrogens with one attached hydrogen (secondary N) is 2. The molecule has 0 atom stereocenters. The number of benzene rings is 2. The summed E-state index contributed by atoms with van der Waals surface area (Å²) in [6.07, 6.45) is 1.75. The number of nitrogens with zero attached hydrogens (tertiary/aromatic N) is 4. The van der Waals surface area contributed by atoms with E-state index in [9.17, 15) is 0 Å². The Bertz CT molecular complexity index is 1340. The zero-order chi connectivity index (χ0) is 21.2. The van der Waals surface area contributed by atoms with Gasteiger partial charge in [0, 0.05) is 18.9 Å². The summed E-state index contributed by atoms with van der Waals surface area (Å²) in [5, 5.41) is 16.1. The molecular weight excluding hydrogens is 392 g/mol. The highest BCUT2D eigenvalue weighted by Crippen LogP contribution is 2.29. The van der Waals surface area contributed by atoms with Gasteiger partial charge in [0.15, 0.2) is 5.82 Å². The molecule has 31 heavy (non-hydrogen) atoms. The summed E-state index contributed by atoms with van der Waals surface area (Å²) in [5.41, 5.74) is 4.73. The van der Waals surface area contributed by atoms with Gasteiger partial charge >= 0.3 is 0 Å². The number of pyridine rings is 1. The summed E-state index contributed by atoms with van der Waals surface area (Å²) in [7, 11) is 1.90. The second kappa shape index (κ2) is 7.98. The third-order valence-corrected chi connectivity index (χ3v) is 5.01. The maximum absolute atomic E-state index is 5.88. The van der Waals surface area contributed by atoms with Crippen molar-refractivity contribution in [2.45, 2.75) is 6.92 Å². The van der Waals surface area contributed by atoms with Crippen molar-refractivity contribution in [2.75, 3.05) is 18.5 Å². The molecule has 0 aliphatic carbocycles. The van der Waals surface area contributed by atoms with Gasteiger partial charge in [-0.2, -0.15) is 5.10 Å². The number of hydrogen-bond donors (Lipinski definition) is 2. The average molecular weight is 414 g/mol. The molecule has 156 valence electrons. The number of aromatic amines is 1. The molecule has 0 amide bonds. The van der Waals surface area contributed by atoms with Gasteiger partial charge in [-0.15, -0.1) is 5.10 Å². The Morgan fingerprint density at radius 3 is 2.74 bits per heavy atom. The van der Waals surface area contributed by atoms with E-state index in [1.165, 1.54) is 5.56 Å². The summed E-state index contributed by atoms with van der Waals surface area (Å²) in [4.78, 5) is 4.38. The van der Waals surface area contributed by atoms with E-state index in [0.29, 0.717) is 24.9 Å². The fourth-order valence-corrected chi connectivity index (χ4v) is 3.42. The van der Waals surface area contributed by atoms with Crippen LogP contribution >= 0.6 is 0 Å². The van der Waals surface area contributed by atoms with Gasteiger partial charge in [0.05, 0.1) is 16.4 Å². The summed E-state index contributed by atoms with van der Waals surface area (Å²) in [6.45, 7) is 2.90. The number of rotatable bonds is 7. The molecule has 5 aromatic rings. The van der Waals surface area contributed by atoms with Crippen molar-refractivity contribution in [3.63, 3.8) is 0 Å². The lowest BCUT2D eigenvalue weighted by molar-refractivity contribution is 0.212. The number of fused-ring (bicyclic) bond motifs is 2. The molecule has 3 aromatic heterocycles. The summed E-state index contributed by atoms with van der Waals surface area (Å²) >= 11 is 0. The van der Waals surface area contributed by atoms with E-state index < -0.39 is 0 Å². The molecule has 2 aromatic carbocycles. The van der Waals surface area contributed by atoms with E-state index in [-0.39, 0.29) is 0 Å². The highest BCUT2D eigenvalue weighted by molar-refractivity contribution is 5.91. The van der Waals surface area contributed by atoms with Crippen LogP contribution in [0.15, 0.2) is 60.8 Å². The van der Waals surface area contributed by atoms with Crippen molar-refractivity contribution in [2.24, 2.45) is 7.05 Å². The van der Waals surface area contributed by atoms with Gasteiger partial charge in [-0.05, 0) is 49.4 Å². The third kappa shape index (κ3) is 3.87. The van der Waals surface area contributed by atoms with E-state index >= 15 is 0 Å². The molecule has 5 rings (SSSR count). The number of aryl methyl sites for hydroxylation is 2. The van der Waals surface area contributed by atoms with Crippen LogP contribution in [0.3, 0.4) is 0 Å². The lowest BCUT2D eigenvalue weighted by Gasteiger charge is -2.07. The Balaban J connectivity index is 1.28. The van der Waals surface area contributed by atoms with Crippen molar-refractivity contribution in [1.29, 1.82) is 0 Å². The van der Waals surface area contributed by atoms with Crippen LogP contribution in [0, 0.1) is 6.92 Å². The normalized spacial score (nSPS) is 11.2. The van der Waals surface area contributed by atoms with Crippen LogP contribution < -0.4 is 14.8 Å². The molecule has 0 saturated carbocycles. The zero-order valence-electron chi connectivity index (χ0n) is 17.3. The molecule has 8 heteroatoms. The summed E-state index contributed by atoms with van der Waals surface area (Å²) in [6, 6.07) is 17.8. The highest BCUT2D eigenvalue weighted by atomic mass is 16.5. The SMILES string of the molecule is Cc1ccc(OCCOc2nn(C)c3cc(Nc4n[nH]c5cccnc45)ccc23)cc1. The van der Waals surface area contributed by atoms with Crippen LogP contribution in [0.1, 0.15) is 5.56 Å².